The Hall–Kier alpha value is -2.56. The largest absolute Gasteiger partial charge is 0.490 e. The van der Waals surface area contributed by atoms with Gasteiger partial charge in [-0.1, -0.05) is 25.1 Å². The average Bonchev–Trinajstić information content (AvgIpc) is 2.70. The van der Waals surface area contributed by atoms with Gasteiger partial charge in [0.15, 0.2) is 0 Å². The van der Waals surface area contributed by atoms with Crippen molar-refractivity contribution in [2.45, 2.75) is 51.7 Å². The number of piperidine rings is 1. The molecule has 1 aliphatic carbocycles. The van der Waals surface area contributed by atoms with E-state index in [-0.39, 0.29) is 5.91 Å². The number of para-hydroxylation sites is 1. The molecule has 0 radical (unpaired) electrons. The van der Waals surface area contributed by atoms with Gasteiger partial charge in [0, 0.05) is 31.4 Å². The molecule has 148 valence electrons. The van der Waals surface area contributed by atoms with E-state index in [1.807, 2.05) is 35.2 Å². The van der Waals surface area contributed by atoms with Gasteiger partial charge in [0.1, 0.15) is 11.6 Å². The first kappa shape index (κ1) is 18.8. The van der Waals surface area contributed by atoms with Crippen LogP contribution in [0.25, 0.3) is 0 Å². The first-order chi connectivity index (χ1) is 13.7. The number of nitrogens with zero attached hydrogens (tertiary/aromatic N) is 2. The Morgan fingerprint density at radius 2 is 1.93 bits per heavy atom. The molecule has 1 saturated carbocycles. The highest BCUT2D eigenvalue weighted by Crippen LogP contribution is 2.28. The summed E-state index contributed by atoms with van der Waals surface area (Å²) in [7, 11) is 0. The lowest BCUT2D eigenvalue weighted by molar-refractivity contribution is 0.0697. The fourth-order valence-electron chi connectivity index (χ4n) is 3.64. The molecule has 5 nitrogen and oxygen atoms in total. The van der Waals surface area contributed by atoms with Gasteiger partial charge in [-0.2, -0.15) is 0 Å². The van der Waals surface area contributed by atoms with Crippen LogP contribution in [0.4, 0.5) is 5.82 Å². The van der Waals surface area contributed by atoms with Crippen LogP contribution in [0.15, 0.2) is 42.6 Å². The van der Waals surface area contributed by atoms with E-state index < -0.39 is 0 Å². The SMILES string of the molecule is CC1CCN(C(=O)c2ccc(NCc3ccccc3OC3CCC3)nc2)CC1. The van der Waals surface area contributed by atoms with E-state index in [4.69, 9.17) is 4.74 Å². The number of benzene rings is 1. The van der Waals surface area contributed by atoms with Crippen LogP contribution in [0.3, 0.4) is 0 Å². The lowest BCUT2D eigenvalue weighted by Crippen LogP contribution is -2.37. The van der Waals surface area contributed by atoms with Crippen molar-refractivity contribution in [3.8, 4) is 5.75 Å². The molecule has 4 rings (SSSR count). The molecular formula is C23H29N3O2. The number of carbonyl (C=O) groups excluding carboxylic acids is 1. The van der Waals surface area contributed by atoms with Crippen molar-refractivity contribution < 1.29 is 9.53 Å². The summed E-state index contributed by atoms with van der Waals surface area (Å²) < 4.78 is 6.08. The van der Waals surface area contributed by atoms with Gasteiger partial charge in [0.25, 0.3) is 5.91 Å². The zero-order chi connectivity index (χ0) is 19.3. The summed E-state index contributed by atoms with van der Waals surface area (Å²) in [4.78, 5) is 19.0. The smallest absolute Gasteiger partial charge is 0.255 e. The molecule has 1 N–H and O–H groups in total. The number of amides is 1. The molecule has 0 spiro atoms. The maximum absolute atomic E-state index is 12.6. The van der Waals surface area contributed by atoms with Crippen LogP contribution in [-0.4, -0.2) is 35.0 Å². The summed E-state index contributed by atoms with van der Waals surface area (Å²) in [5.41, 5.74) is 1.78. The third kappa shape index (κ3) is 4.46. The second-order valence-corrected chi connectivity index (χ2v) is 8.04. The van der Waals surface area contributed by atoms with E-state index in [0.29, 0.717) is 24.1 Å². The number of nitrogens with one attached hydrogen (secondary N) is 1. The lowest BCUT2D eigenvalue weighted by Gasteiger charge is -2.30. The molecule has 2 heterocycles. The predicted molar refractivity (Wildman–Crippen MR) is 111 cm³/mol. The Balaban J connectivity index is 1.34. The topological polar surface area (TPSA) is 54.5 Å². The molecule has 2 aromatic rings. The zero-order valence-corrected chi connectivity index (χ0v) is 16.6. The third-order valence-corrected chi connectivity index (χ3v) is 5.86. The molecule has 1 aliphatic heterocycles. The quantitative estimate of drug-likeness (QED) is 0.803. The van der Waals surface area contributed by atoms with Crippen LogP contribution in [0.2, 0.25) is 0 Å². The minimum absolute atomic E-state index is 0.0881. The minimum atomic E-state index is 0.0881. The number of carbonyl (C=O) groups is 1. The first-order valence-corrected chi connectivity index (χ1v) is 10.4. The summed E-state index contributed by atoms with van der Waals surface area (Å²) >= 11 is 0. The fourth-order valence-corrected chi connectivity index (χ4v) is 3.64. The molecule has 1 aromatic heterocycles. The maximum atomic E-state index is 12.6. The Kier molecular flexibility index (Phi) is 5.79. The molecule has 1 saturated heterocycles. The Morgan fingerprint density at radius 3 is 2.61 bits per heavy atom. The van der Waals surface area contributed by atoms with Crippen molar-refractivity contribution >= 4 is 11.7 Å². The van der Waals surface area contributed by atoms with E-state index >= 15 is 0 Å². The van der Waals surface area contributed by atoms with Crippen LogP contribution in [0.1, 0.15) is 54.9 Å². The zero-order valence-electron chi connectivity index (χ0n) is 16.6. The van der Waals surface area contributed by atoms with Gasteiger partial charge in [-0.25, -0.2) is 4.98 Å². The van der Waals surface area contributed by atoms with E-state index in [2.05, 4.69) is 23.3 Å². The van der Waals surface area contributed by atoms with Crippen molar-refractivity contribution in [2.24, 2.45) is 5.92 Å². The molecular weight excluding hydrogens is 350 g/mol. The minimum Gasteiger partial charge on any atom is -0.490 e. The Bertz CT molecular complexity index is 794. The van der Waals surface area contributed by atoms with Crippen LogP contribution >= 0.6 is 0 Å². The van der Waals surface area contributed by atoms with Crippen molar-refractivity contribution in [2.75, 3.05) is 18.4 Å². The number of likely N-dealkylation sites (tertiary alicyclic amines) is 1. The molecule has 2 aliphatic rings. The predicted octanol–water partition coefficient (Wildman–Crippen LogP) is 4.50. The first-order valence-electron chi connectivity index (χ1n) is 10.4. The van der Waals surface area contributed by atoms with E-state index in [1.54, 1.807) is 6.20 Å². The van der Waals surface area contributed by atoms with Crippen molar-refractivity contribution in [3.63, 3.8) is 0 Å². The van der Waals surface area contributed by atoms with Gasteiger partial charge < -0.3 is 15.0 Å². The summed E-state index contributed by atoms with van der Waals surface area (Å²) in [6, 6.07) is 11.9. The number of ether oxygens (including phenoxy) is 1. The molecule has 1 amide bonds. The molecule has 1 aromatic carbocycles. The van der Waals surface area contributed by atoms with Crippen LogP contribution in [-0.2, 0) is 6.54 Å². The maximum Gasteiger partial charge on any atom is 0.255 e. The number of hydrogen-bond donors (Lipinski definition) is 1. The summed E-state index contributed by atoms with van der Waals surface area (Å²) in [5.74, 6) is 2.52. The molecule has 0 bridgehead atoms. The molecule has 5 heteroatoms. The van der Waals surface area contributed by atoms with Crippen molar-refractivity contribution in [1.29, 1.82) is 0 Å². The van der Waals surface area contributed by atoms with Gasteiger partial charge in [-0.05, 0) is 56.2 Å². The number of hydrogen-bond acceptors (Lipinski definition) is 4. The Morgan fingerprint density at radius 1 is 1.14 bits per heavy atom. The van der Waals surface area contributed by atoms with E-state index in [1.165, 1.54) is 6.42 Å². The highest BCUT2D eigenvalue weighted by Gasteiger charge is 2.22. The van der Waals surface area contributed by atoms with E-state index in [0.717, 1.165) is 55.9 Å². The third-order valence-electron chi connectivity index (χ3n) is 5.86. The highest BCUT2D eigenvalue weighted by atomic mass is 16.5. The number of anilines is 1. The second kappa shape index (κ2) is 8.63. The van der Waals surface area contributed by atoms with Gasteiger partial charge in [0.2, 0.25) is 0 Å². The summed E-state index contributed by atoms with van der Waals surface area (Å²) in [5, 5.41) is 3.35. The summed E-state index contributed by atoms with van der Waals surface area (Å²) in [6.45, 7) is 4.59. The van der Waals surface area contributed by atoms with Gasteiger partial charge in [0.05, 0.1) is 11.7 Å². The molecule has 2 fully saturated rings. The normalized spacial score (nSPS) is 17.8. The molecule has 0 atom stereocenters. The standard InChI is InChI=1S/C23H29N3O2/c1-17-11-13-26(14-12-17)23(27)19-9-10-22(25-16-19)24-15-18-5-2-3-8-21(18)28-20-6-4-7-20/h2-3,5,8-10,16-17,20H,4,6-7,11-15H2,1H3,(H,24,25). The second-order valence-electron chi connectivity index (χ2n) is 8.04. The van der Waals surface area contributed by atoms with Crippen LogP contribution in [0.5, 0.6) is 5.75 Å². The van der Waals surface area contributed by atoms with Crippen LogP contribution in [0, 0.1) is 5.92 Å². The molecule has 28 heavy (non-hydrogen) atoms. The monoisotopic (exact) mass is 379 g/mol. The van der Waals surface area contributed by atoms with Crippen LogP contribution < -0.4 is 10.1 Å². The van der Waals surface area contributed by atoms with Gasteiger partial charge >= 0.3 is 0 Å². The number of rotatable bonds is 6. The van der Waals surface area contributed by atoms with E-state index in [9.17, 15) is 4.79 Å². The van der Waals surface area contributed by atoms with Gasteiger partial charge in [-0.15, -0.1) is 0 Å². The number of aromatic nitrogens is 1. The summed E-state index contributed by atoms with van der Waals surface area (Å²) in [6.07, 6.45) is 7.77. The van der Waals surface area contributed by atoms with Gasteiger partial charge in [-0.3, -0.25) is 4.79 Å². The Labute approximate surface area is 167 Å². The van der Waals surface area contributed by atoms with Crippen molar-refractivity contribution in [1.82, 2.24) is 9.88 Å². The lowest BCUT2D eigenvalue weighted by atomic mass is 9.96. The number of pyridine rings is 1. The highest BCUT2D eigenvalue weighted by molar-refractivity contribution is 5.94. The fraction of sp³-hybridized carbons (Fsp3) is 0.478. The molecule has 0 unspecified atom stereocenters. The average molecular weight is 380 g/mol. The van der Waals surface area contributed by atoms with Crippen molar-refractivity contribution in [3.05, 3.63) is 53.7 Å².